The fourth-order valence-corrected chi connectivity index (χ4v) is 2.43. The highest BCUT2D eigenvalue weighted by atomic mass is 16.2. The molecular formula is C15H16N2O4. The van der Waals surface area contributed by atoms with Gasteiger partial charge in [-0.05, 0) is 31.0 Å². The van der Waals surface area contributed by atoms with E-state index in [1.54, 1.807) is 23.1 Å². The Hall–Kier alpha value is -2.50. The maximum absolute atomic E-state index is 12.3. The summed E-state index contributed by atoms with van der Waals surface area (Å²) < 4.78 is 0. The van der Waals surface area contributed by atoms with E-state index in [4.69, 9.17) is 0 Å². The number of aldehydes is 1. The van der Waals surface area contributed by atoms with Gasteiger partial charge in [0.05, 0.1) is 0 Å². The smallest absolute Gasteiger partial charge is 0.254 e. The molecular weight excluding hydrogens is 272 g/mol. The number of benzene rings is 1. The molecule has 1 N–H and O–H groups in total. The van der Waals surface area contributed by atoms with Gasteiger partial charge in [-0.15, -0.1) is 0 Å². The first-order chi connectivity index (χ1) is 10.1. The van der Waals surface area contributed by atoms with Gasteiger partial charge < -0.3 is 4.90 Å². The molecule has 2 rings (SSSR count). The lowest BCUT2D eigenvalue weighted by Crippen LogP contribution is -2.34. The summed E-state index contributed by atoms with van der Waals surface area (Å²) in [5.41, 5.74) is 1.97. The second-order valence-corrected chi connectivity index (χ2v) is 5.04. The van der Waals surface area contributed by atoms with Crippen LogP contribution in [0, 0.1) is 0 Å². The number of rotatable bonds is 6. The highest BCUT2D eigenvalue weighted by Gasteiger charge is 2.30. The molecule has 1 aliphatic rings. The zero-order chi connectivity index (χ0) is 15.4. The molecule has 110 valence electrons. The van der Waals surface area contributed by atoms with Crippen LogP contribution < -0.4 is 5.32 Å². The molecule has 1 aromatic carbocycles. The van der Waals surface area contributed by atoms with Crippen molar-refractivity contribution in [1.29, 1.82) is 0 Å². The minimum absolute atomic E-state index is 0.0919. The summed E-state index contributed by atoms with van der Waals surface area (Å²) in [6.07, 6.45) is 1.75. The van der Waals surface area contributed by atoms with Gasteiger partial charge in [0.15, 0.2) is 0 Å². The number of nitrogens with one attached hydrogen (secondary N) is 1. The van der Waals surface area contributed by atoms with Gasteiger partial charge in [0.25, 0.3) is 5.91 Å². The number of amides is 3. The standard InChI is InChI=1S/C15H16N2O4/c1-10(2-5-14(20)16-9-19)17-7-12-6-11(8-18)3-4-13(12)15(17)21/h3-4,6,8-10H,2,5,7H2,1H3,(H,16,19,20). The second kappa shape index (κ2) is 6.30. The van der Waals surface area contributed by atoms with Crippen LogP contribution in [0.5, 0.6) is 0 Å². The van der Waals surface area contributed by atoms with Gasteiger partial charge in [-0.1, -0.05) is 6.07 Å². The molecule has 0 bridgehead atoms. The van der Waals surface area contributed by atoms with Crippen molar-refractivity contribution in [2.24, 2.45) is 0 Å². The molecule has 0 spiro atoms. The summed E-state index contributed by atoms with van der Waals surface area (Å²) in [5.74, 6) is -0.449. The molecule has 21 heavy (non-hydrogen) atoms. The number of carbonyl (C=O) groups excluding carboxylic acids is 4. The number of hydrogen-bond acceptors (Lipinski definition) is 4. The minimum Gasteiger partial charge on any atom is -0.332 e. The maximum atomic E-state index is 12.3. The van der Waals surface area contributed by atoms with Crippen LogP contribution in [0.25, 0.3) is 0 Å². The SMILES string of the molecule is CC(CCC(=O)NC=O)N1Cc2cc(C=O)ccc2C1=O. The third-order valence-corrected chi connectivity index (χ3v) is 3.64. The first-order valence-electron chi connectivity index (χ1n) is 6.69. The van der Waals surface area contributed by atoms with E-state index in [1.165, 1.54) is 0 Å². The topological polar surface area (TPSA) is 83.6 Å². The van der Waals surface area contributed by atoms with E-state index in [9.17, 15) is 19.2 Å². The molecule has 0 radical (unpaired) electrons. The van der Waals surface area contributed by atoms with Crippen molar-refractivity contribution in [1.82, 2.24) is 10.2 Å². The van der Waals surface area contributed by atoms with Crippen molar-refractivity contribution in [3.05, 3.63) is 34.9 Å². The van der Waals surface area contributed by atoms with Gasteiger partial charge in [0, 0.05) is 30.1 Å². The van der Waals surface area contributed by atoms with Crippen LogP contribution >= 0.6 is 0 Å². The zero-order valence-corrected chi connectivity index (χ0v) is 11.7. The number of carbonyl (C=O) groups is 4. The summed E-state index contributed by atoms with van der Waals surface area (Å²) >= 11 is 0. The molecule has 0 fully saturated rings. The zero-order valence-electron chi connectivity index (χ0n) is 11.7. The van der Waals surface area contributed by atoms with E-state index in [-0.39, 0.29) is 24.3 Å². The van der Waals surface area contributed by atoms with E-state index >= 15 is 0 Å². The summed E-state index contributed by atoms with van der Waals surface area (Å²) in [6, 6.07) is 4.87. The summed E-state index contributed by atoms with van der Waals surface area (Å²) in [7, 11) is 0. The summed E-state index contributed by atoms with van der Waals surface area (Å²) in [5, 5.41) is 2.07. The maximum Gasteiger partial charge on any atom is 0.254 e. The molecule has 6 heteroatoms. The van der Waals surface area contributed by atoms with E-state index < -0.39 is 0 Å². The van der Waals surface area contributed by atoms with Crippen molar-refractivity contribution in [2.45, 2.75) is 32.4 Å². The predicted octanol–water partition coefficient (Wildman–Crippen LogP) is 0.896. The molecule has 6 nitrogen and oxygen atoms in total. The van der Waals surface area contributed by atoms with Crippen molar-refractivity contribution in [3.8, 4) is 0 Å². The van der Waals surface area contributed by atoms with E-state index in [2.05, 4.69) is 5.32 Å². The minimum atomic E-state index is -0.357. The first-order valence-corrected chi connectivity index (χ1v) is 6.69. The van der Waals surface area contributed by atoms with Crippen LogP contribution in [0.3, 0.4) is 0 Å². The molecule has 3 amide bonds. The van der Waals surface area contributed by atoms with E-state index in [0.717, 1.165) is 11.8 Å². The van der Waals surface area contributed by atoms with Gasteiger partial charge in [-0.2, -0.15) is 0 Å². The number of hydrogen-bond donors (Lipinski definition) is 1. The number of fused-ring (bicyclic) bond motifs is 1. The molecule has 1 unspecified atom stereocenters. The van der Waals surface area contributed by atoms with Crippen LogP contribution in [0.2, 0.25) is 0 Å². The highest BCUT2D eigenvalue weighted by molar-refractivity contribution is 5.99. The quantitative estimate of drug-likeness (QED) is 0.788. The van der Waals surface area contributed by atoms with Crippen LogP contribution in [0.15, 0.2) is 18.2 Å². The summed E-state index contributed by atoms with van der Waals surface area (Å²) in [6.45, 7) is 2.30. The Morgan fingerprint density at radius 2 is 2.19 bits per heavy atom. The van der Waals surface area contributed by atoms with E-state index in [0.29, 0.717) is 30.5 Å². The lowest BCUT2D eigenvalue weighted by atomic mass is 10.1. The Morgan fingerprint density at radius 1 is 1.43 bits per heavy atom. The summed E-state index contributed by atoms with van der Waals surface area (Å²) in [4.78, 5) is 46.1. The fraction of sp³-hybridized carbons (Fsp3) is 0.333. The average Bonchev–Trinajstić information content (AvgIpc) is 2.81. The Balaban J connectivity index is 2.03. The van der Waals surface area contributed by atoms with E-state index in [1.807, 2.05) is 6.92 Å². The molecule has 1 aliphatic heterocycles. The predicted molar refractivity (Wildman–Crippen MR) is 74.6 cm³/mol. The highest BCUT2D eigenvalue weighted by Crippen LogP contribution is 2.26. The van der Waals surface area contributed by atoms with Gasteiger partial charge in [0.2, 0.25) is 12.3 Å². The van der Waals surface area contributed by atoms with Crippen LogP contribution in [0.1, 0.15) is 46.0 Å². The Bertz CT molecular complexity index is 597. The Morgan fingerprint density at radius 3 is 2.86 bits per heavy atom. The molecule has 0 saturated carbocycles. The van der Waals surface area contributed by atoms with Crippen LogP contribution in [0.4, 0.5) is 0 Å². The van der Waals surface area contributed by atoms with Crippen LogP contribution in [-0.4, -0.2) is 35.5 Å². The van der Waals surface area contributed by atoms with Gasteiger partial charge >= 0.3 is 0 Å². The van der Waals surface area contributed by atoms with Gasteiger partial charge in [0.1, 0.15) is 6.29 Å². The molecule has 0 aromatic heterocycles. The molecule has 1 aromatic rings. The number of nitrogens with zero attached hydrogens (tertiary/aromatic N) is 1. The first kappa shape index (κ1) is 14.9. The van der Waals surface area contributed by atoms with Crippen molar-refractivity contribution in [2.75, 3.05) is 0 Å². The average molecular weight is 288 g/mol. The Kier molecular flexibility index (Phi) is 4.47. The lowest BCUT2D eigenvalue weighted by Gasteiger charge is -2.23. The van der Waals surface area contributed by atoms with Crippen molar-refractivity contribution < 1.29 is 19.2 Å². The molecule has 0 aliphatic carbocycles. The molecule has 1 atom stereocenters. The number of imide groups is 1. The van der Waals surface area contributed by atoms with Crippen molar-refractivity contribution in [3.63, 3.8) is 0 Å². The van der Waals surface area contributed by atoms with Gasteiger partial charge in [-0.3, -0.25) is 24.5 Å². The largest absolute Gasteiger partial charge is 0.332 e. The normalized spacial score (nSPS) is 14.5. The molecule has 0 saturated heterocycles. The van der Waals surface area contributed by atoms with Crippen LogP contribution in [-0.2, 0) is 16.1 Å². The fourth-order valence-electron chi connectivity index (χ4n) is 2.43. The second-order valence-electron chi connectivity index (χ2n) is 5.04. The van der Waals surface area contributed by atoms with Crippen molar-refractivity contribution >= 4 is 24.5 Å². The Labute approximate surface area is 122 Å². The third kappa shape index (κ3) is 3.16. The van der Waals surface area contributed by atoms with Gasteiger partial charge in [-0.25, -0.2) is 0 Å². The third-order valence-electron chi connectivity index (χ3n) is 3.64. The monoisotopic (exact) mass is 288 g/mol. The molecule has 1 heterocycles. The lowest BCUT2D eigenvalue weighted by molar-refractivity contribution is -0.125.